The number of aryl methyl sites for hydroxylation is 1. The number of carbonyl (C=O) groups excluding carboxylic acids is 2. The minimum absolute atomic E-state index is 0.0239. The summed E-state index contributed by atoms with van der Waals surface area (Å²) in [4.78, 5) is 28.3. The number of benzene rings is 1. The number of amides is 1. The van der Waals surface area contributed by atoms with E-state index in [4.69, 9.17) is 4.74 Å². The van der Waals surface area contributed by atoms with Crippen molar-refractivity contribution >= 4 is 40.0 Å². The van der Waals surface area contributed by atoms with Gasteiger partial charge in [-0.25, -0.2) is 4.79 Å². The number of hydrogen-bond donors (Lipinski definition) is 1. The molecule has 3 rings (SSSR count). The van der Waals surface area contributed by atoms with E-state index in [-0.39, 0.29) is 12.2 Å². The molecule has 0 saturated carbocycles. The van der Waals surface area contributed by atoms with Gasteiger partial charge in [0.2, 0.25) is 0 Å². The van der Waals surface area contributed by atoms with Crippen molar-refractivity contribution in [3.63, 3.8) is 0 Å². The van der Waals surface area contributed by atoms with Gasteiger partial charge in [-0.15, -0.1) is 11.3 Å². The number of rotatable bonds is 6. The van der Waals surface area contributed by atoms with Crippen LogP contribution in [0, 0.1) is 25.2 Å². The van der Waals surface area contributed by atoms with Crippen LogP contribution in [0.1, 0.15) is 52.5 Å². The van der Waals surface area contributed by atoms with Gasteiger partial charge in [0.15, 0.2) is 0 Å². The largest absolute Gasteiger partial charge is 0.462 e. The number of esters is 1. The average molecular weight is 438 g/mol. The smallest absolute Gasteiger partial charge is 0.341 e. The SMILES string of the molecule is CCOC(=O)c1c(NC(=O)/C(C#N)=C\c2ccc(N3CCCCC3)cc2)sc(C)c1C. The van der Waals surface area contributed by atoms with E-state index in [0.717, 1.165) is 34.8 Å². The Bertz CT molecular complexity index is 1030. The van der Waals surface area contributed by atoms with Crippen LogP contribution in [0.2, 0.25) is 0 Å². The summed E-state index contributed by atoms with van der Waals surface area (Å²) in [6.07, 6.45) is 5.25. The van der Waals surface area contributed by atoms with E-state index in [9.17, 15) is 14.9 Å². The molecular formula is C24H27N3O3S. The lowest BCUT2D eigenvalue weighted by molar-refractivity contribution is -0.112. The summed E-state index contributed by atoms with van der Waals surface area (Å²) < 4.78 is 5.12. The van der Waals surface area contributed by atoms with E-state index in [1.807, 2.05) is 44.2 Å². The third-order valence-electron chi connectivity index (χ3n) is 5.38. The van der Waals surface area contributed by atoms with Gasteiger partial charge in [0.1, 0.15) is 16.6 Å². The average Bonchev–Trinajstić information content (AvgIpc) is 3.06. The molecular weight excluding hydrogens is 410 g/mol. The van der Waals surface area contributed by atoms with Gasteiger partial charge in [-0.05, 0) is 69.4 Å². The van der Waals surface area contributed by atoms with E-state index in [1.165, 1.54) is 30.6 Å². The molecule has 1 N–H and O–H groups in total. The van der Waals surface area contributed by atoms with Crippen LogP contribution >= 0.6 is 11.3 Å². The number of nitriles is 1. The van der Waals surface area contributed by atoms with Gasteiger partial charge in [0.05, 0.1) is 12.2 Å². The predicted octanol–water partition coefficient (Wildman–Crippen LogP) is 5.08. The monoisotopic (exact) mass is 437 g/mol. The molecule has 0 radical (unpaired) electrons. The highest BCUT2D eigenvalue weighted by Gasteiger charge is 2.23. The van der Waals surface area contributed by atoms with Crippen molar-refractivity contribution in [2.45, 2.75) is 40.0 Å². The summed E-state index contributed by atoms with van der Waals surface area (Å²) in [7, 11) is 0. The molecule has 0 aliphatic carbocycles. The van der Waals surface area contributed by atoms with Crippen LogP contribution in [0.4, 0.5) is 10.7 Å². The molecule has 7 heteroatoms. The third-order valence-corrected chi connectivity index (χ3v) is 6.50. The van der Waals surface area contributed by atoms with Crippen LogP contribution < -0.4 is 10.2 Å². The molecule has 0 bridgehead atoms. The maximum atomic E-state index is 12.8. The number of anilines is 2. The molecule has 1 aromatic heterocycles. The van der Waals surface area contributed by atoms with E-state index >= 15 is 0 Å². The van der Waals surface area contributed by atoms with Crippen molar-refractivity contribution in [2.75, 3.05) is 29.9 Å². The first-order chi connectivity index (χ1) is 14.9. The quantitative estimate of drug-likeness (QED) is 0.387. The molecule has 1 amide bonds. The fraction of sp³-hybridized carbons (Fsp3) is 0.375. The summed E-state index contributed by atoms with van der Waals surface area (Å²) in [6.45, 7) is 7.80. The maximum absolute atomic E-state index is 12.8. The minimum atomic E-state index is -0.547. The van der Waals surface area contributed by atoms with Crippen LogP contribution in [0.3, 0.4) is 0 Å². The van der Waals surface area contributed by atoms with E-state index in [1.54, 1.807) is 13.0 Å². The Hall–Kier alpha value is -3.11. The molecule has 2 heterocycles. The Morgan fingerprint density at radius 3 is 2.48 bits per heavy atom. The van der Waals surface area contributed by atoms with E-state index in [0.29, 0.717) is 10.6 Å². The zero-order chi connectivity index (χ0) is 22.4. The summed E-state index contributed by atoms with van der Waals surface area (Å²) in [5.41, 5.74) is 3.03. The predicted molar refractivity (Wildman–Crippen MR) is 124 cm³/mol. The fourth-order valence-corrected chi connectivity index (χ4v) is 4.63. The second kappa shape index (κ2) is 10.3. The van der Waals surface area contributed by atoms with Crippen LogP contribution in [-0.2, 0) is 9.53 Å². The number of hydrogen-bond acceptors (Lipinski definition) is 6. The van der Waals surface area contributed by atoms with E-state index in [2.05, 4.69) is 10.2 Å². The van der Waals surface area contributed by atoms with Crippen LogP contribution in [0.25, 0.3) is 6.08 Å². The lowest BCUT2D eigenvalue weighted by Crippen LogP contribution is -2.29. The van der Waals surface area contributed by atoms with Gasteiger partial charge in [-0.1, -0.05) is 12.1 Å². The number of carbonyl (C=O) groups is 2. The van der Waals surface area contributed by atoms with E-state index < -0.39 is 11.9 Å². The molecule has 1 saturated heterocycles. The maximum Gasteiger partial charge on any atom is 0.341 e. The lowest BCUT2D eigenvalue weighted by Gasteiger charge is -2.28. The zero-order valence-corrected chi connectivity index (χ0v) is 19.0. The van der Waals surface area contributed by atoms with Gasteiger partial charge in [0.25, 0.3) is 5.91 Å². The van der Waals surface area contributed by atoms with Gasteiger partial charge in [0, 0.05) is 23.7 Å². The molecule has 0 spiro atoms. The molecule has 1 aromatic carbocycles. The first kappa shape index (κ1) is 22.6. The number of ether oxygens (including phenoxy) is 1. The van der Waals surface area contributed by atoms with Crippen molar-refractivity contribution in [1.29, 1.82) is 5.26 Å². The van der Waals surface area contributed by atoms with Crippen LogP contribution in [0.15, 0.2) is 29.8 Å². The molecule has 162 valence electrons. The van der Waals surface area contributed by atoms with Gasteiger partial charge < -0.3 is 15.0 Å². The molecule has 1 aliphatic heterocycles. The number of thiophene rings is 1. The fourth-order valence-electron chi connectivity index (χ4n) is 3.58. The number of nitrogens with zero attached hydrogens (tertiary/aromatic N) is 2. The number of nitrogens with one attached hydrogen (secondary N) is 1. The normalized spacial score (nSPS) is 14.1. The number of piperidine rings is 1. The Labute approximate surface area is 187 Å². The molecule has 1 aliphatic rings. The molecule has 2 aromatic rings. The highest BCUT2D eigenvalue weighted by Crippen LogP contribution is 2.33. The Balaban J connectivity index is 1.78. The summed E-state index contributed by atoms with van der Waals surface area (Å²) in [6, 6.07) is 9.85. The summed E-state index contributed by atoms with van der Waals surface area (Å²) in [5, 5.41) is 12.7. The standard InChI is InChI=1S/C24H27N3O3S/c1-4-30-24(29)21-16(2)17(3)31-23(21)26-22(28)19(15-25)14-18-8-10-20(11-9-18)27-12-6-5-7-13-27/h8-11,14H,4-7,12-13H2,1-3H3,(H,26,28)/b19-14-. The summed E-state index contributed by atoms with van der Waals surface area (Å²) >= 11 is 1.30. The van der Waals surface area contributed by atoms with Crippen molar-refractivity contribution in [2.24, 2.45) is 0 Å². The Morgan fingerprint density at radius 2 is 1.87 bits per heavy atom. The zero-order valence-electron chi connectivity index (χ0n) is 18.2. The van der Waals surface area contributed by atoms with Crippen molar-refractivity contribution in [3.05, 3.63) is 51.4 Å². The molecule has 0 atom stereocenters. The van der Waals surface area contributed by atoms with Crippen molar-refractivity contribution in [1.82, 2.24) is 0 Å². The minimum Gasteiger partial charge on any atom is -0.462 e. The van der Waals surface area contributed by atoms with Gasteiger partial charge >= 0.3 is 5.97 Å². The van der Waals surface area contributed by atoms with Crippen molar-refractivity contribution < 1.29 is 14.3 Å². The van der Waals surface area contributed by atoms with Gasteiger partial charge in [-0.2, -0.15) is 5.26 Å². The first-order valence-corrected chi connectivity index (χ1v) is 11.3. The highest BCUT2D eigenvalue weighted by atomic mass is 32.1. The molecule has 6 nitrogen and oxygen atoms in total. The highest BCUT2D eigenvalue weighted by molar-refractivity contribution is 7.16. The van der Waals surface area contributed by atoms with Crippen LogP contribution in [-0.4, -0.2) is 31.6 Å². The third kappa shape index (κ3) is 5.33. The molecule has 0 unspecified atom stereocenters. The van der Waals surface area contributed by atoms with Crippen molar-refractivity contribution in [3.8, 4) is 6.07 Å². The second-order valence-corrected chi connectivity index (χ2v) is 8.70. The molecule has 1 fully saturated rings. The Morgan fingerprint density at radius 1 is 1.19 bits per heavy atom. The Kier molecular flexibility index (Phi) is 7.48. The second-order valence-electron chi connectivity index (χ2n) is 7.47. The van der Waals surface area contributed by atoms with Gasteiger partial charge in [-0.3, -0.25) is 4.79 Å². The lowest BCUT2D eigenvalue weighted by atomic mass is 10.1. The first-order valence-electron chi connectivity index (χ1n) is 10.5. The topological polar surface area (TPSA) is 82.4 Å². The summed E-state index contributed by atoms with van der Waals surface area (Å²) in [5.74, 6) is -1.02. The molecule has 31 heavy (non-hydrogen) atoms. The van der Waals surface area contributed by atoms with Crippen LogP contribution in [0.5, 0.6) is 0 Å².